The summed E-state index contributed by atoms with van der Waals surface area (Å²) in [5, 5.41) is 3.15. The fourth-order valence-corrected chi connectivity index (χ4v) is 1.94. The van der Waals surface area contributed by atoms with Gasteiger partial charge in [-0.25, -0.2) is 0 Å². The number of alkyl halides is 3. The number of halogens is 3. The summed E-state index contributed by atoms with van der Waals surface area (Å²) in [5.41, 5.74) is -0.0272. The quantitative estimate of drug-likeness (QED) is 0.896. The number of rotatable bonds is 4. The second-order valence-electron chi connectivity index (χ2n) is 4.74. The third-order valence-electron chi connectivity index (χ3n) is 3.09. The normalized spacial score (nSPS) is 13.4. The molecular formula is C15H16F3NO. The fourth-order valence-electron chi connectivity index (χ4n) is 1.94. The van der Waals surface area contributed by atoms with E-state index in [1.807, 2.05) is 26.0 Å². The van der Waals surface area contributed by atoms with Crippen molar-refractivity contribution in [1.82, 2.24) is 5.32 Å². The summed E-state index contributed by atoms with van der Waals surface area (Å²) in [4.78, 5) is 0. The second kappa shape index (κ2) is 5.71. The highest BCUT2D eigenvalue weighted by atomic mass is 19.4. The van der Waals surface area contributed by atoms with E-state index in [-0.39, 0.29) is 6.04 Å². The third-order valence-corrected chi connectivity index (χ3v) is 3.09. The first kappa shape index (κ1) is 14.7. The Balaban J connectivity index is 2.03. The Kier molecular flexibility index (Phi) is 4.18. The van der Waals surface area contributed by atoms with Gasteiger partial charge in [0.25, 0.3) is 0 Å². The van der Waals surface area contributed by atoms with E-state index in [1.165, 1.54) is 12.1 Å². The minimum absolute atomic E-state index is 0.192. The molecule has 0 fully saturated rings. The molecule has 1 aromatic heterocycles. The maximum atomic E-state index is 12.6. The van der Waals surface area contributed by atoms with Gasteiger partial charge < -0.3 is 9.73 Å². The van der Waals surface area contributed by atoms with Crippen LogP contribution in [0.2, 0.25) is 0 Å². The van der Waals surface area contributed by atoms with Gasteiger partial charge in [-0.05, 0) is 43.7 Å². The molecule has 0 saturated carbocycles. The Labute approximate surface area is 115 Å². The zero-order chi connectivity index (χ0) is 14.8. The zero-order valence-corrected chi connectivity index (χ0v) is 11.3. The van der Waals surface area contributed by atoms with E-state index in [9.17, 15) is 13.2 Å². The van der Waals surface area contributed by atoms with Crippen LogP contribution in [0.1, 0.15) is 35.6 Å². The van der Waals surface area contributed by atoms with E-state index in [0.29, 0.717) is 12.1 Å². The van der Waals surface area contributed by atoms with E-state index < -0.39 is 11.7 Å². The fraction of sp³-hybridized carbons (Fsp3) is 0.333. The highest BCUT2D eigenvalue weighted by Gasteiger charge is 2.30. The van der Waals surface area contributed by atoms with Gasteiger partial charge in [0.2, 0.25) is 0 Å². The standard InChI is InChI=1S/C15H16F3NO/c1-10-6-7-14(20-10)9-19-11(2)12-4-3-5-13(8-12)15(16,17)18/h3-8,11,19H,9H2,1-2H3. The lowest BCUT2D eigenvalue weighted by atomic mass is 10.0. The summed E-state index contributed by atoms with van der Waals surface area (Å²) in [5.74, 6) is 1.58. The Morgan fingerprint density at radius 2 is 1.95 bits per heavy atom. The van der Waals surface area contributed by atoms with Crippen LogP contribution in [0, 0.1) is 6.92 Å². The Hall–Kier alpha value is -1.75. The minimum atomic E-state index is -4.31. The molecule has 0 spiro atoms. The Morgan fingerprint density at radius 3 is 2.55 bits per heavy atom. The van der Waals surface area contributed by atoms with Gasteiger partial charge in [0.15, 0.2) is 0 Å². The molecule has 0 radical (unpaired) electrons. The molecule has 2 aromatic rings. The van der Waals surface area contributed by atoms with Crippen LogP contribution >= 0.6 is 0 Å². The van der Waals surface area contributed by atoms with Gasteiger partial charge in [-0.2, -0.15) is 13.2 Å². The first-order valence-electron chi connectivity index (χ1n) is 6.32. The van der Waals surface area contributed by atoms with Gasteiger partial charge in [0.1, 0.15) is 11.5 Å². The molecule has 1 aromatic carbocycles. The minimum Gasteiger partial charge on any atom is -0.465 e. The van der Waals surface area contributed by atoms with Crippen LogP contribution in [-0.4, -0.2) is 0 Å². The van der Waals surface area contributed by atoms with E-state index in [2.05, 4.69) is 5.32 Å². The predicted octanol–water partition coefficient (Wildman–Crippen LogP) is 4.46. The van der Waals surface area contributed by atoms with Crippen molar-refractivity contribution in [3.63, 3.8) is 0 Å². The largest absolute Gasteiger partial charge is 0.465 e. The summed E-state index contributed by atoms with van der Waals surface area (Å²) < 4.78 is 43.4. The highest BCUT2D eigenvalue weighted by Crippen LogP contribution is 2.30. The lowest BCUT2D eigenvalue weighted by molar-refractivity contribution is -0.137. The van der Waals surface area contributed by atoms with E-state index in [4.69, 9.17) is 4.42 Å². The van der Waals surface area contributed by atoms with Crippen LogP contribution in [0.4, 0.5) is 13.2 Å². The van der Waals surface area contributed by atoms with Gasteiger partial charge in [-0.1, -0.05) is 12.1 Å². The average Bonchev–Trinajstić information content (AvgIpc) is 2.81. The number of benzene rings is 1. The highest BCUT2D eigenvalue weighted by molar-refractivity contribution is 5.27. The lowest BCUT2D eigenvalue weighted by Crippen LogP contribution is -2.18. The monoisotopic (exact) mass is 283 g/mol. The summed E-state index contributed by atoms with van der Waals surface area (Å²) in [6.07, 6.45) is -4.31. The summed E-state index contributed by atoms with van der Waals surface area (Å²) in [6, 6.07) is 8.86. The molecule has 0 amide bonds. The molecule has 1 N–H and O–H groups in total. The van der Waals surface area contributed by atoms with Crippen molar-refractivity contribution >= 4 is 0 Å². The van der Waals surface area contributed by atoms with E-state index in [1.54, 1.807) is 6.07 Å². The summed E-state index contributed by atoms with van der Waals surface area (Å²) in [7, 11) is 0. The number of furan rings is 1. The molecule has 1 atom stereocenters. The maximum absolute atomic E-state index is 12.6. The predicted molar refractivity (Wildman–Crippen MR) is 70.1 cm³/mol. The molecule has 108 valence electrons. The van der Waals surface area contributed by atoms with Crippen LogP contribution < -0.4 is 5.32 Å². The van der Waals surface area contributed by atoms with Gasteiger partial charge in [0, 0.05) is 6.04 Å². The van der Waals surface area contributed by atoms with Crippen LogP contribution in [0.5, 0.6) is 0 Å². The molecule has 0 aliphatic heterocycles. The van der Waals surface area contributed by atoms with Crippen LogP contribution in [0.15, 0.2) is 40.8 Å². The number of hydrogen-bond donors (Lipinski definition) is 1. The Morgan fingerprint density at radius 1 is 1.20 bits per heavy atom. The molecule has 2 nitrogen and oxygen atoms in total. The first-order valence-corrected chi connectivity index (χ1v) is 6.32. The van der Waals surface area contributed by atoms with Crippen molar-refractivity contribution in [1.29, 1.82) is 0 Å². The van der Waals surface area contributed by atoms with E-state index >= 15 is 0 Å². The van der Waals surface area contributed by atoms with Crippen molar-refractivity contribution in [2.75, 3.05) is 0 Å². The van der Waals surface area contributed by atoms with Gasteiger partial charge in [-0.15, -0.1) is 0 Å². The number of hydrogen-bond acceptors (Lipinski definition) is 2. The van der Waals surface area contributed by atoms with Gasteiger partial charge >= 0.3 is 6.18 Å². The second-order valence-corrected chi connectivity index (χ2v) is 4.74. The average molecular weight is 283 g/mol. The number of aryl methyl sites for hydroxylation is 1. The van der Waals surface area contributed by atoms with Crippen molar-refractivity contribution < 1.29 is 17.6 Å². The van der Waals surface area contributed by atoms with Crippen LogP contribution in [-0.2, 0) is 12.7 Å². The van der Waals surface area contributed by atoms with Crippen molar-refractivity contribution in [3.8, 4) is 0 Å². The smallest absolute Gasteiger partial charge is 0.416 e. The molecule has 0 saturated heterocycles. The molecule has 0 aliphatic rings. The molecule has 1 unspecified atom stereocenters. The topological polar surface area (TPSA) is 25.2 Å². The van der Waals surface area contributed by atoms with Gasteiger partial charge in [-0.3, -0.25) is 0 Å². The zero-order valence-electron chi connectivity index (χ0n) is 11.3. The molecule has 0 aliphatic carbocycles. The third kappa shape index (κ3) is 3.63. The molecule has 1 heterocycles. The molecular weight excluding hydrogens is 267 g/mol. The molecule has 0 bridgehead atoms. The lowest BCUT2D eigenvalue weighted by Gasteiger charge is -2.15. The van der Waals surface area contributed by atoms with Crippen molar-refractivity contribution in [2.24, 2.45) is 0 Å². The maximum Gasteiger partial charge on any atom is 0.416 e. The van der Waals surface area contributed by atoms with Crippen molar-refractivity contribution in [3.05, 3.63) is 59.0 Å². The number of nitrogens with one attached hydrogen (secondary N) is 1. The molecule has 2 rings (SSSR count). The molecule has 5 heteroatoms. The SMILES string of the molecule is Cc1ccc(CNC(C)c2cccc(C(F)(F)F)c2)o1. The Bertz CT molecular complexity index is 574. The summed E-state index contributed by atoms with van der Waals surface area (Å²) in [6.45, 7) is 4.15. The first-order chi connectivity index (χ1) is 9.36. The van der Waals surface area contributed by atoms with Crippen molar-refractivity contribution in [2.45, 2.75) is 32.6 Å². The van der Waals surface area contributed by atoms with Crippen LogP contribution in [0.25, 0.3) is 0 Å². The van der Waals surface area contributed by atoms with E-state index in [0.717, 1.165) is 17.6 Å². The summed E-state index contributed by atoms with van der Waals surface area (Å²) >= 11 is 0. The van der Waals surface area contributed by atoms with Crippen LogP contribution in [0.3, 0.4) is 0 Å². The molecule has 20 heavy (non-hydrogen) atoms. The van der Waals surface area contributed by atoms with Gasteiger partial charge in [0.05, 0.1) is 12.1 Å².